The highest BCUT2D eigenvalue weighted by molar-refractivity contribution is 6.09. The standard InChI is InChI=1S/C71H46N2/c1-2-17-56-49(15-1)16-13-23-57(56)50-35-43-53(44-36-50)72(52-39-31-47(32-40-52)48-33-41-55(42-34-48)73-68-29-11-6-21-62(68)63-22-7-12-30-69(63)73)54-45-37-51(38-46-54)58-24-14-25-64-61-20-5-10-28-67(61)71(70(58)64)65-26-8-3-18-59(65)60-19-4-9-27-66(60)71/h1-46H. The molecule has 0 fully saturated rings. The largest absolute Gasteiger partial charge is 0.311 e. The van der Waals surface area contributed by atoms with E-state index in [4.69, 9.17) is 0 Å². The third-order valence-corrected chi connectivity index (χ3v) is 15.8. The summed E-state index contributed by atoms with van der Waals surface area (Å²) in [5.74, 6) is 0. The number of benzene rings is 12. The molecule has 0 unspecified atom stereocenters. The maximum absolute atomic E-state index is 2.39. The van der Waals surface area contributed by atoms with Gasteiger partial charge in [0.2, 0.25) is 0 Å². The van der Waals surface area contributed by atoms with Gasteiger partial charge in [0, 0.05) is 33.5 Å². The number of hydrogen-bond donors (Lipinski definition) is 0. The molecule has 0 amide bonds. The first-order valence-corrected chi connectivity index (χ1v) is 25.3. The average Bonchev–Trinajstić information content (AvgIpc) is 4.09. The molecule has 73 heavy (non-hydrogen) atoms. The molecule has 12 aromatic carbocycles. The van der Waals surface area contributed by atoms with Crippen LogP contribution in [0.3, 0.4) is 0 Å². The fourth-order valence-corrected chi connectivity index (χ4v) is 12.7. The van der Waals surface area contributed by atoms with Crippen molar-refractivity contribution >= 4 is 49.6 Å². The van der Waals surface area contributed by atoms with Gasteiger partial charge in [-0.1, -0.05) is 218 Å². The van der Waals surface area contributed by atoms with Crippen LogP contribution in [-0.2, 0) is 5.41 Å². The van der Waals surface area contributed by atoms with Crippen LogP contribution in [0.15, 0.2) is 279 Å². The zero-order valence-corrected chi connectivity index (χ0v) is 40.0. The molecule has 0 saturated heterocycles. The lowest BCUT2D eigenvalue weighted by atomic mass is 9.68. The van der Waals surface area contributed by atoms with Gasteiger partial charge in [0.1, 0.15) is 0 Å². The van der Waals surface area contributed by atoms with Crippen molar-refractivity contribution in [2.24, 2.45) is 0 Å². The fraction of sp³-hybridized carbons (Fsp3) is 0.0141. The van der Waals surface area contributed by atoms with Crippen molar-refractivity contribution in [2.75, 3.05) is 4.90 Å². The molecular weight excluding hydrogens is 881 g/mol. The lowest BCUT2D eigenvalue weighted by Crippen LogP contribution is -2.26. The summed E-state index contributed by atoms with van der Waals surface area (Å²) in [5, 5.41) is 5.03. The normalized spacial score (nSPS) is 12.8. The van der Waals surface area contributed by atoms with Crippen molar-refractivity contribution in [1.82, 2.24) is 4.57 Å². The van der Waals surface area contributed by atoms with Gasteiger partial charge in [0.25, 0.3) is 0 Å². The highest BCUT2D eigenvalue weighted by Gasteiger charge is 2.52. The summed E-state index contributed by atoms with van der Waals surface area (Å²) in [6.07, 6.45) is 0. The Bertz CT molecular complexity index is 4170. The monoisotopic (exact) mass is 926 g/mol. The highest BCUT2D eigenvalue weighted by Crippen LogP contribution is 2.64. The molecule has 0 aliphatic heterocycles. The predicted molar refractivity (Wildman–Crippen MR) is 306 cm³/mol. The van der Waals surface area contributed by atoms with Crippen molar-refractivity contribution in [1.29, 1.82) is 0 Å². The molecule has 1 spiro atoms. The lowest BCUT2D eigenvalue weighted by molar-refractivity contribution is 0.796. The van der Waals surface area contributed by atoms with E-state index in [1.54, 1.807) is 0 Å². The van der Waals surface area contributed by atoms with Gasteiger partial charge in [-0.3, -0.25) is 0 Å². The topological polar surface area (TPSA) is 8.17 Å². The molecule has 340 valence electrons. The van der Waals surface area contributed by atoms with E-state index in [2.05, 4.69) is 289 Å². The van der Waals surface area contributed by atoms with Gasteiger partial charge in [-0.25, -0.2) is 0 Å². The smallest absolute Gasteiger partial charge is 0.0731 e. The van der Waals surface area contributed by atoms with Crippen molar-refractivity contribution in [3.8, 4) is 61.3 Å². The van der Waals surface area contributed by atoms with E-state index in [1.165, 1.54) is 110 Å². The molecule has 0 saturated carbocycles. The first-order valence-electron chi connectivity index (χ1n) is 25.3. The molecule has 0 radical (unpaired) electrons. The molecule has 2 heteroatoms. The van der Waals surface area contributed by atoms with E-state index in [0.29, 0.717) is 0 Å². The predicted octanol–water partition coefficient (Wildman–Crippen LogP) is 18.8. The van der Waals surface area contributed by atoms with Crippen molar-refractivity contribution in [3.63, 3.8) is 0 Å². The Hall–Kier alpha value is -9.50. The maximum Gasteiger partial charge on any atom is 0.0731 e. The number of hydrogen-bond acceptors (Lipinski definition) is 1. The van der Waals surface area contributed by atoms with Gasteiger partial charge in [-0.05, 0) is 149 Å². The Balaban J connectivity index is 0.829. The Labute approximate surface area is 425 Å². The van der Waals surface area contributed by atoms with Crippen molar-refractivity contribution in [3.05, 3.63) is 301 Å². The van der Waals surface area contributed by atoms with Crippen LogP contribution in [0, 0.1) is 0 Å². The molecule has 13 aromatic rings. The summed E-state index contributed by atoms with van der Waals surface area (Å²) in [7, 11) is 0. The molecule has 1 aromatic heterocycles. The van der Waals surface area contributed by atoms with Crippen molar-refractivity contribution < 1.29 is 0 Å². The number of nitrogens with zero attached hydrogens (tertiary/aromatic N) is 2. The SMILES string of the molecule is c1ccc2c(c1)-c1ccccc1C21c2ccccc2-c2cccc(-c3ccc(N(c4ccc(-c5ccc(-n6c7ccccc7c7ccccc76)cc5)cc4)c4ccc(-c5cccc6ccccc56)cc4)cc3)c21. The minimum atomic E-state index is -0.431. The zero-order chi connectivity index (χ0) is 48.0. The number of rotatable bonds is 7. The second-order valence-corrected chi connectivity index (χ2v) is 19.5. The molecule has 2 nitrogen and oxygen atoms in total. The van der Waals surface area contributed by atoms with Crippen LogP contribution in [0.2, 0.25) is 0 Å². The summed E-state index contributed by atoms with van der Waals surface area (Å²) in [6.45, 7) is 0. The number of para-hydroxylation sites is 2. The van der Waals surface area contributed by atoms with E-state index < -0.39 is 5.41 Å². The summed E-state index contributed by atoms with van der Waals surface area (Å²) in [5.41, 5.74) is 24.3. The van der Waals surface area contributed by atoms with Crippen LogP contribution < -0.4 is 4.90 Å². The number of aromatic nitrogens is 1. The van der Waals surface area contributed by atoms with Crippen LogP contribution >= 0.6 is 0 Å². The maximum atomic E-state index is 2.39. The Morgan fingerprint density at radius 1 is 0.260 bits per heavy atom. The van der Waals surface area contributed by atoms with Gasteiger partial charge in [-0.15, -0.1) is 0 Å². The lowest BCUT2D eigenvalue weighted by Gasteiger charge is -2.32. The Morgan fingerprint density at radius 3 is 1.19 bits per heavy atom. The summed E-state index contributed by atoms with van der Waals surface area (Å²) >= 11 is 0. The van der Waals surface area contributed by atoms with E-state index in [0.717, 1.165) is 22.7 Å². The van der Waals surface area contributed by atoms with Gasteiger partial charge in [0.15, 0.2) is 0 Å². The highest BCUT2D eigenvalue weighted by atomic mass is 15.1. The Kier molecular flexibility index (Phi) is 9.21. The molecule has 15 rings (SSSR count). The third kappa shape index (κ3) is 6.17. The van der Waals surface area contributed by atoms with Gasteiger partial charge < -0.3 is 9.47 Å². The molecule has 0 N–H and O–H groups in total. The van der Waals surface area contributed by atoms with Crippen LogP contribution in [0.4, 0.5) is 17.1 Å². The number of fused-ring (bicyclic) bond motifs is 14. The Morgan fingerprint density at radius 2 is 0.630 bits per heavy atom. The zero-order valence-electron chi connectivity index (χ0n) is 40.0. The average molecular weight is 927 g/mol. The summed E-state index contributed by atoms with van der Waals surface area (Å²) < 4.78 is 2.38. The quantitative estimate of drug-likeness (QED) is 0.155. The number of anilines is 3. The van der Waals surface area contributed by atoms with Crippen LogP contribution in [0.25, 0.3) is 93.9 Å². The van der Waals surface area contributed by atoms with E-state index in [1.807, 2.05) is 0 Å². The summed E-state index contributed by atoms with van der Waals surface area (Å²) in [6, 6.07) is 103. The van der Waals surface area contributed by atoms with Gasteiger partial charge >= 0.3 is 0 Å². The first-order chi connectivity index (χ1) is 36.2. The van der Waals surface area contributed by atoms with Crippen LogP contribution in [0.1, 0.15) is 22.3 Å². The molecular formula is C71H46N2. The summed E-state index contributed by atoms with van der Waals surface area (Å²) in [4.78, 5) is 2.39. The molecule has 2 aliphatic rings. The second-order valence-electron chi connectivity index (χ2n) is 19.5. The molecule has 2 aliphatic carbocycles. The molecule has 0 bridgehead atoms. The molecule has 1 heterocycles. The van der Waals surface area contributed by atoms with Crippen LogP contribution in [-0.4, -0.2) is 4.57 Å². The van der Waals surface area contributed by atoms with E-state index in [-0.39, 0.29) is 0 Å². The van der Waals surface area contributed by atoms with E-state index >= 15 is 0 Å². The van der Waals surface area contributed by atoms with Gasteiger partial charge in [0.05, 0.1) is 16.4 Å². The van der Waals surface area contributed by atoms with Crippen LogP contribution in [0.5, 0.6) is 0 Å². The minimum absolute atomic E-state index is 0.431. The second kappa shape index (κ2) is 16.3. The molecule has 0 atom stereocenters. The van der Waals surface area contributed by atoms with E-state index in [9.17, 15) is 0 Å². The first kappa shape index (κ1) is 41.3. The third-order valence-electron chi connectivity index (χ3n) is 15.8. The minimum Gasteiger partial charge on any atom is -0.311 e. The van der Waals surface area contributed by atoms with Crippen molar-refractivity contribution in [2.45, 2.75) is 5.41 Å². The van der Waals surface area contributed by atoms with Gasteiger partial charge in [-0.2, -0.15) is 0 Å². The fourth-order valence-electron chi connectivity index (χ4n) is 12.7.